The van der Waals surface area contributed by atoms with E-state index in [-0.39, 0.29) is 16.8 Å². The highest BCUT2D eigenvalue weighted by atomic mass is 79.9. The van der Waals surface area contributed by atoms with Crippen molar-refractivity contribution in [1.29, 1.82) is 0 Å². The Balaban J connectivity index is 2.32. The minimum Gasteiger partial charge on any atom is -0.349 e. The van der Waals surface area contributed by atoms with Gasteiger partial charge in [-0.05, 0) is 43.4 Å². The number of halogens is 1. The van der Waals surface area contributed by atoms with Crippen molar-refractivity contribution in [3.05, 3.63) is 27.7 Å². The summed E-state index contributed by atoms with van der Waals surface area (Å²) >= 11 is 3.21. The highest BCUT2D eigenvalue weighted by Gasteiger charge is 2.28. The van der Waals surface area contributed by atoms with Crippen molar-refractivity contribution in [3.8, 4) is 0 Å². The Morgan fingerprint density at radius 1 is 1.40 bits per heavy atom. The molecule has 20 heavy (non-hydrogen) atoms. The molecule has 5 nitrogen and oxygen atoms in total. The number of sulfonamides is 1. The lowest BCUT2D eigenvalue weighted by molar-refractivity contribution is 0.0895. The van der Waals surface area contributed by atoms with E-state index in [0.29, 0.717) is 21.5 Å². The van der Waals surface area contributed by atoms with Gasteiger partial charge in [0.2, 0.25) is 10.0 Å². The van der Waals surface area contributed by atoms with E-state index in [9.17, 15) is 13.2 Å². The van der Waals surface area contributed by atoms with Gasteiger partial charge < -0.3 is 5.32 Å². The van der Waals surface area contributed by atoms with Crippen LogP contribution in [0.5, 0.6) is 0 Å². The van der Waals surface area contributed by atoms with E-state index in [2.05, 4.69) is 28.2 Å². The van der Waals surface area contributed by atoms with E-state index in [4.69, 9.17) is 5.14 Å². The molecule has 7 heteroatoms. The molecule has 0 spiro atoms. The van der Waals surface area contributed by atoms with Gasteiger partial charge >= 0.3 is 0 Å². The quantitative estimate of drug-likeness (QED) is 0.862. The van der Waals surface area contributed by atoms with E-state index < -0.39 is 10.0 Å². The smallest absolute Gasteiger partial charge is 0.251 e. The lowest BCUT2D eigenvalue weighted by atomic mass is 9.82. The van der Waals surface area contributed by atoms with Crippen molar-refractivity contribution in [2.24, 2.45) is 11.1 Å². The molecule has 0 unspecified atom stereocenters. The molecule has 1 amide bonds. The van der Waals surface area contributed by atoms with Crippen molar-refractivity contribution in [1.82, 2.24) is 5.32 Å². The summed E-state index contributed by atoms with van der Waals surface area (Å²) in [7, 11) is -3.85. The first-order chi connectivity index (χ1) is 9.18. The molecule has 1 aromatic rings. The second-order valence-corrected chi connectivity index (χ2v) is 7.81. The number of carbonyl (C=O) groups excluding carboxylic acids is 1. The largest absolute Gasteiger partial charge is 0.349 e. The number of amides is 1. The van der Waals surface area contributed by atoms with Gasteiger partial charge in [-0.2, -0.15) is 0 Å². The Labute approximate surface area is 127 Å². The van der Waals surface area contributed by atoms with Crippen molar-refractivity contribution in [3.63, 3.8) is 0 Å². The highest BCUT2D eigenvalue weighted by molar-refractivity contribution is 9.10. The van der Waals surface area contributed by atoms with Crippen molar-refractivity contribution >= 4 is 31.9 Å². The van der Waals surface area contributed by atoms with Crippen LogP contribution in [0.4, 0.5) is 0 Å². The van der Waals surface area contributed by atoms with Gasteiger partial charge in [0.1, 0.15) is 0 Å². The Hall–Kier alpha value is -0.920. The molecule has 0 atom stereocenters. The molecular weight excluding hydrogens is 344 g/mol. The molecular formula is C13H17BrN2O3S. The number of nitrogens with one attached hydrogen (secondary N) is 1. The molecule has 110 valence electrons. The first-order valence-electron chi connectivity index (χ1n) is 6.32. The summed E-state index contributed by atoms with van der Waals surface area (Å²) in [5, 5.41) is 8.09. The summed E-state index contributed by atoms with van der Waals surface area (Å²) < 4.78 is 23.6. The average Bonchev–Trinajstić information content (AvgIpc) is 2.28. The van der Waals surface area contributed by atoms with Crippen LogP contribution in [0, 0.1) is 12.8 Å². The third-order valence-corrected chi connectivity index (χ3v) is 5.08. The fourth-order valence-electron chi connectivity index (χ4n) is 2.47. The van der Waals surface area contributed by atoms with Gasteiger partial charge in [-0.1, -0.05) is 22.9 Å². The van der Waals surface area contributed by atoms with E-state index >= 15 is 0 Å². The van der Waals surface area contributed by atoms with Gasteiger partial charge in [-0.3, -0.25) is 4.79 Å². The Morgan fingerprint density at radius 2 is 2.00 bits per heavy atom. The topological polar surface area (TPSA) is 89.3 Å². The van der Waals surface area contributed by atoms with E-state index in [1.165, 1.54) is 6.07 Å². The fourth-order valence-corrected chi connectivity index (χ4v) is 3.91. The molecule has 0 bridgehead atoms. The van der Waals surface area contributed by atoms with Crippen LogP contribution in [0.3, 0.4) is 0 Å². The third-order valence-electron chi connectivity index (χ3n) is 3.58. The predicted molar refractivity (Wildman–Crippen MR) is 79.9 cm³/mol. The van der Waals surface area contributed by atoms with Gasteiger partial charge in [0.25, 0.3) is 5.91 Å². The predicted octanol–water partition coefficient (Wildman–Crippen LogP) is 1.93. The van der Waals surface area contributed by atoms with Crippen LogP contribution in [0.25, 0.3) is 0 Å². The van der Waals surface area contributed by atoms with E-state index in [1.54, 1.807) is 13.0 Å². The molecule has 3 N–H and O–H groups in total. The maximum absolute atomic E-state index is 12.2. The maximum atomic E-state index is 12.2. The van der Waals surface area contributed by atoms with Crippen LogP contribution in [-0.2, 0) is 10.0 Å². The number of hydrogen-bond donors (Lipinski definition) is 2. The Morgan fingerprint density at radius 3 is 2.50 bits per heavy atom. The minimum absolute atomic E-state index is 0.0287. The number of carbonyl (C=O) groups is 1. The molecule has 0 aromatic heterocycles. The van der Waals surface area contributed by atoms with Gasteiger partial charge in [-0.15, -0.1) is 0 Å². The highest BCUT2D eigenvalue weighted by Crippen LogP contribution is 2.28. The SMILES string of the molecule is Cc1c(C(=O)NC2CC(C)C2)cc(Br)cc1S(N)(=O)=O. The summed E-state index contributed by atoms with van der Waals surface area (Å²) in [5.74, 6) is 0.370. The number of benzene rings is 1. The number of nitrogens with two attached hydrogens (primary N) is 1. The summed E-state index contributed by atoms with van der Waals surface area (Å²) in [5.41, 5.74) is 0.712. The first-order valence-corrected chi connectivity index (χ1v) is 8.66. The lowest BCUT2D eigenvalue weighted by Crippen LogP contribution is -2.43. The van der Waals surface area contributed by atoms with Gasteiger partial charge in [0, 0.05) is 16.1 Å². The second kappa shape index (κ2) is 5.46. The number of hydrogen-bond acceptors (Lipinski definition) is 3. The second-order valence-electron chi connectivity index (χ2n) is 5.37. The lowest BCUT2D eigenvalue weighted by Gasteiger charge is -2.33. The fraction of sp³-hybridized carbons (Fsp3) is 0.462. The van der Waals surface area contributed by atoms with Crippen molar-refractivity contribution in [2.45, 2.75) is 37.6 Å². The summed E-state index contributed by atoms with van der Waals surface area (Å²) in [4.78, 5) is 12.2. The van der Waals surface area contributed by atoms with Crippen LogP contribution < -0.4 is 10.5 Å². The molecule has 1 saturated carbocycles. The number of primary sulfonamides is 1. The van der Waals surface area contributed by atoms with Gasteiger partial charge in [0.15, 0.2) is 0 Å². The maximum Gasteiger partial charge on any atom is 0.251 e. The van der Waals surface area contributed by atoms with Crippen LogP contribution in [0.2, 0.25) is 0 Å². The molecule has 0 radical (unpaired) electrons. The Bertz CT molecular complexity index is 652. The summed E-state index contributed by atoms with van der Waals surface area (Å²) in [6, 6.07) is 3.20. The summed E-state index contributed by atoms with van der Waals surface area (Å²) in [6.07, 6.45) is 1.92. The molecule has 1 aromatic carbocycles. The normalized spacial score (nSPS) is 22.2. The van der Waals surface area contributed by atoms with Gasteiger partial charge in [-0.25, -0.2) is 13.6 Å². The standard InChI is InChI=1S/C13H17BrN2O3S/c1-7-3-10(4-7)16-13(17)11-5-9(14)6-12(8(11)2)20(15,18)19/h5-7,10H,3-4H2,1-2H3,(H,16,17)(H2,15,18,19). The molecule has 0 aliphatic heterocycles. The third kappa shape index (κ3) is 3.21. The first kappa shape index (κ1) is 15.5. The van der Waals surface area contributed by atoms with Crippen molar-refractivity contribution in [2.75, 3.05) is 0 Å². The zero-order valence-corrected chi connectivity index (χ0v) is 13.7. The van der Waals surface area contributed by atoms with Crippen molar-refractivity contribution < 1.29 is 13.2 Å². The molecule has 2 rings (SSSR count). The molecule has 0 saturated heterocycles. The van der Waals surface area contributed by atoms with E-state index in [0.717, 1.165) is 12.8 Å². The van der Waals surface area contributed by atoms with Crippen LogP contribution >= 0.6 is 15.9 Å². The minimum atomic E-state index is -3.85. The van der Waals surface area contributed by atoms with E-state index in [1.807, 2.05) is 0 Å². The Kier molecular flexibility index (Phi) is 4.22. The molecule has 1 aliphatic carbocycles. The molecule has 1 fully saturated rings. The van der Waals surface area contributed by atoms with Crippen LogP contribution in [-0.4, -0.2) is 20.4 Å². The molecule has 1 aliphatic rings. The monoisotopic (exact) mass is 360 g/mol. The summed E-state index contributed by atoms with van der Waals surface area (Å²) in [6.45, 7) is 3.72. The van der Waals surface area contributed by atoms with Crippen LogP contribution in [0.1, 0.15) is 35.7 Å². The van der Waals surface area contributed by atoms with Crippen LogP contribution in [0.15, 0.2) is 21.5 Å². The number of rotatable bonds is 3. The molecule has 0 heterocycles. The zero-order chi connectivity index (χ0) is 15.1. The zero-order valence-electron chi connectivity index (χ0n) is 11.3. The average molecular weight is 361 g/mol. The van der Waals surface area contributed by atoms with Gasteiger partial charge in [0.05, 0.1) is 4.90 Å².